The zero-order valence-corrected chi connectivity index (χ0v) is 19.2. The van der Waals surface area contributed by atoms with Crippen molar-refractivity contribution in [3.05, 3.63) is 23.9 Å². The van der Waals surface area contributed by atoms with Gasteiger partial charge in [0.1, 0.15) is 11.4 Å². The Hall–Kier alpha value is -2.84. The maximum atomic E-state index is 12.1. The van der Waals surface area contributed by atoms with Gasteiger partial charge in [0.05, 0.1) is 12.1 Å². The highest BCUT2D eigenvalue weighted by atomic mass is 16.6. The van der Waals surface area contributed by atoms with Crippen molar-refractivity contribution in [3.63, 3.8) is 0 Å². The first-order valence-electron chi connectivity index (χ1n) is 10.2. The fourth-order valence-corrected chi connectivity index (χ4v) is 2.28. The number of aliphatic imine (C=N–C) groups is 1. The van der Waals surface area contributed by atoms with E-state index in [9.17, 15) is 9.59 Å². The van der Waals surface area contributed by atoms with E-state index in [1.54, 1.807) is 12.3 Å². The normalized spacial score (nSPS) is 12.2. The zero-order valence-electron chi connectivity index (χ0n) is 19.2. The van der Waals surface area contributed by atoms with E-state index >= 15 is 0 Å². The summed E-state index contributed by atoms with van der Waals surface area (Å²) in [5.74, 6) is 0.959. The lowest BCUT2D eigenvalue weighted by Gasteiger charge is -2.27. The van der Waals surface area contributed by atoms with Crippen LogP contribution in [0.3, 0.4) is 0 Å². The molecule has 0 spiro atoms. The first-order valence-corrected chi connectivity index (χ1v) is 10.2. The summed E-state index contributed by atoms with van der Waals surface area (Å²) in [7, 11) is 0. The lowest BCUT2D eigenvalue weighted by Crippen LogP contribution is -2.49. The van der Waals surface area contributed by atoms with E-state index in [0.717, 1.165) is 5.56 Å². The van der Waals surface area contributed by atoms with E-state index in [2.05, 4.69) is 31.2 Å². The Morgan fingerprint density at radius 1 is 1.13 bits per heavy atom. The van der Waals surface area contributed by atoms with Crippen LogP contribution in [0, 0.1) is 6.92 Å². The van der Waals surface area contributed by atoms with Crippen molar-refractivity contribution in [2.45, 2.75) is 66.0 Å². The number of nitrogens with zero attached hydrogens (tertiary/aromatic N) is 2. The molecule has 0 fully saturated rings. The lowest BCUT2D eigenvalue weighted by atomic mass is 10.1. The van der Waals surface area contributed by atoms with E-state index in [-0.39, 0.29) is 12.3 Å². The molecule has 2 amide bonds. The van der Waals surface area contributed by atoms with Gasteiger partial charge in [-0.1, -0.05) is 6.07 Å². The molecule has 1 heterocycles. The minimum atomic E-state index is -0.598. The second-order valence-electron chi connectivity index (χ2n) is 8.65. The van der Waals surface area contributed by atoms with Crippen molar-refractivity contribution in [2.24, 2.45) is 4.99 Å². The fourth-order valence-electron chi connectivity index (χ4n) is 2.28. The molecule has 30 heavy (non-hydrogen) atoms. The monoisotopic (exact) mass is 420 g/mol. The van der Waals surface area contributed by atoms with E-state index in [4.69, 9.17) is 4.74 Å². The predicted molar refractivity (Wildman–Crippen MR) is 120 cm³/mol. The van der Waals surface area contributed by atoms with Gasteiger partial charge in [-0.2, -0.15) is 0 Å². The summed E-state index contributed by atoms with van der Waals surface area (Å²) in [6.07, 6.45) is 1.48. The van der Waals surface area contributed by atoms with Crippen LogP contribution in [0.25, 0.3) is 0 Å². The molecule has 9 nitrogen and oxygen atoms in total. The molecule has 0 aliphatic heterocycles. The molecule has 0 atom stereocenters. The Morgan fingerprint density at radius 3 is 2.40 bits per heavy atom. The molecule has 0 saturated carbocycles. The zero-order chi connectivity index (χ0) is 22.8. The van der Waals surface area contributed by atoms with E-state index in [0.29, 0.717) is 31.4 Å². The molecule has 0 radical (unpaired) electrons. The number of rotatable bonds is 8. The van der Waals surface area contributed by atoms with Crippen LogP contribution < -0.4 is 21.3 Å². The number of pyridine rings is 1. The lowest BCUT2D eigenvalue weighted by molar-refractivity contribution is -0.116. The average molecular weight is 421 g/mol. The topological polar surface area (TPSA) is 117 Å². The average Bonchev–Trinajstić information content (AvgIpc) is 2.59. The molecular weight excluding hydrogens is 384 g/mol. The highest BCUT2D eigenvalue weighted by molar-refractivity contribution is 5.90. The van der Waals surface area contributed by atoms with Gasteiger partial charge in [-0.3, -0.25) is 9.79 Å². The molecule has 0 aromatic carbocycles. The van der Waals surface area contributed by atoms with Gasteiger partial charge in [0, 0.05) is 25.7 Å². The summed E-state index contributed by atoms with van der Waals surface area (Å²) in [5, 5.41) is 11.8. The number of anilines is 1. The summed E-state index contributed by atoms with van der Waals surface area (Å²) in [4.78, 5) is 32.7. The SMILES string of the molecule is CCNC(=NCC(C)(C)NC(=O)OC(C)(C)C)NCCC(=O)Nc1ccc(C)cn1. The molecule has 0 bridgehead atoms. The van der Waals surface area contributed by atoms with Crippen molar-refractivity contribution >= 4 is 23.8 Å². The number of carbonyl (C=O) groups is 2. The molecule has 0 unspecified atom stereocenters. The van der Waals surface area contributed by atoms with Gasteiger partial charge in [0.2, 0.25) is 5.91 Å². The molecule has 0 saturated heterocycles. The Bertz CT molecular complexity index is 723. The van der Waals surface area contributed by atoms with Gasteiger partial charge in [-0.25, -0.2) is 9.78 Å². The van der Waals surface area contributed by atoms with Gasteiger partial charge in [0.25, 0.3) is 0 Å². The minimum Gasteiger partial charge on any atom is -0.444 e. The van der Waals surface area contributed by atoms with Crippen LogP contribution in [-0.4, -0.2) is 53.7 Å². The predicted octanol–water partition coefficient (Wildman–Crippen LogP) is 2.58. The van der Waals surface area contributed by atoms with Gasteiger partial charge < -0.3 is 26.0 Å². The second kappa shape index (κ2) is 11.4. The quantitative estimate of drug-likeness (QED) is 0.379. The van der Waals surface area contributed by atoms with E-state index in [1.165, 1.54) is 0 Å². The van der Waals surface area contributed by atoms with Gasteiger partial charge in [0.15, 0.2) is 5.96 Å². The summed E-state index contributed by atoms with van der Waals surface area (Å²) in [6.45, 7) is 14.5. The first-order chi connectivity index (χ1) is 13.9. The molecule has 1 aromatic heterocycles. The number of ether oxygens (including phenoxy) is 1. The van der Waals surface area contributed by atoms with Crippen LogP contribution >= 0.6 is 0 Å². The summed E-state index contributed by atoms with van der Waals surface area (Å²) in [6, 6.07) is 3.66. The third kappa shape index (κ3) is 11.2. The first kappa shape index (κ1) is 25.2. The van der Waals surface area contributed by atoms with Crippen LogP contribution in [0.4, 0.5) is 10.6 Å². The molecule has 1 rings (SSSR count). The Morgan fingerprint density at radius 2 is 1.83 bits per heavy atom. The standard InChI is InChI=1S/C21H36N6O3/c1-8-22-18(25-14-21(6,7)27-19(29)30-20(3,4)5)23-12-11-17(28)26-16-10-9-15(2)13-24-16/h9-10,13H,8,11-12,14H2,1-7H3,(H,27,29)(H2,22,23,25)(H,24,26,28). The number of aromatic nitrogens is 1. The van der Waals surface area contributed by atoms with Crippen molar-refractivity contribution in [1.82, 2.24) is 20.9 Å². The molecule has 1 aromatic rings. The van der Waals surface area contributed by atoms with Crippen LogP contribution in [0.1, 0.15) is 53.5 Å². The number of amides is 2. The fraction of sp³-hybridized carbons (Fsp3) is 0.619. The maximum Gasteiger partial charge on any atom is 0.408 e. The van der Waals surface area contributed by atoms with Crippen LogP contribution in [-0.2, 0) is 9.53 Å². The molecule has 0 aliphatic carbocycles. The third-order valence-electron chi connectivity index (χ3n) is 3.64. The van der Waals surface area contributed by atoms with Crippen molar-refractivity contribution < 1.29 is 14.3 Å². The molecule has 4 N–H and O–H groups in total. The summed E-state index contributed by atoms with van der Waals surface area (Å²) < 4.78 is 5.30. The third-order valence-corrected chi connectivity index (χ3v) is 3.64. The largest absolute Gasteiger partial charge is 0.444 e. The highest BCUT2D eigenvalue weighted by Gasteiger charge is 2.24. The van der Waals surface area contributed by atoms with Crippen molar-refractivity contribution in [3.8, 4) is 0 Å². The highest BCUT2D eigenvalue weighted by Crippen LogP contribution is 2.10. The summed E-state index contributed by atoms with van der Waals surface area (Å²) >= 11 is 0. The van der Waals surface area contributed by atoms with Gasteiger partial charge in [-0.05, 0) is 60.1 Å². The number of aryl methyl sites for hydroxylation is 1. The smallest absolute Gasteiger partial charge is 0.408 e. The van der Waals surface area contributed by atoms with Gasteiger partial charge in [-0.15, -0.1) is 0 Å². The van der Waals surface area contributed by atoms with Crippen LogP contribution in [0.5, 0.6) is 0 Å². The van der Waals surface area contributed by atoms with E-state index in [1.807, 2.05) is 54.5 Å². The number of alkyl carbamates (subject to hydrolysis) is 1. The maximum absolute atomic E-state index is 12.1. The number of nitrogens with one attached hydrogen (secondary N) is 4. The number of guanidine groups is 1. The van der Waals surface area contributed by atoms with Crippen LogP contribution in [0.2, 0.25) is 0 Å². The minimum absolute atomic E-state index is 0.137. The molecule has 9 heteroatoms. The molecular formula is C21H36N6O3. The van der Waals surface area contributed by atoms with E-state index < -0.39 is 17.2 Å². The number of carbonyl (C=O) groups excluding carboxylic acids is 2. The second-order valence-corrected chi connectivity index (χ2v) is 8.65. The Balaban J connectivity index is 2.51. The summed E-state index contributed by atoms with van der Waals surface area (Å²) in [5.41, 5.74) is -0.126. The Kier molecular flexibility index (Phi) is 9.55. The Labute approximate surface area is 179 Å². The number of hydrogen-bond donors (Lipinski definition) is 4. The van der Waals surface area contributed by atoms with Gasteiger partial charge >= 0.3 is 6.09 Å². The number of hydrogen-bond acceptors (Lipinski definition) is 5. The molecule has 0 aliphatic rings. The van der Waals surface area contributed by atoms with Crippen molar-refractivity contribution in [1.29, 1.82) is 0 Å². The molecule has 168 valence electrons. The van der Waals surface area contributed by atoms with Crippen LogP contribution in [0.15, 0.2) is 23.3 Å². The van der Waals surface area contributed by atoms with Crippen molar-refractivity contribution in [2.75, 3.05) is 25.0 Å².